The molecule has 18 heavy (non-hydrogen) atoms. The molecule has 1 heterocycles. The van der Waals surface area contributed by atoms with E-state index in [1.807, 2.05) is 19.1 Å². The predicted molar refractivity (Wildman–Crippen MR) is 72.9 cm³/mol. The summed E-state index contributed by atoms with van der Waals surface area (Å²) in [6.45, 7) is 1.76. The van der Waals surface area contributed by atoms with Crippen LogP contribution in [-0.4, -0.2) is 22.7 Å². The molecule has 0 bridgehead atoms. The minimum absolute atomic E-state index is 0.0604. The van der Waals surface area contributed by atoms with E-state index in [1.165, 1.54) is 11.3 Å². The van der Waals surface area contributed by atoms with E-state index in [1.54, 1.807) is 12.1 Å². The van der Waals surface area contributed by atoms with Gasteiger partial charge in [-0.3, -0.25) is 10.1 Å². The number of hydrogen-bond acceptors (Lipinski definition) is 5. The molecule has 1 aromatic carbocycles. The summed E-state index contributed by atoms with van der Waals surface area (Å²) >= 11 is 4.65. The molecule has 0 aliphatic rings. The molecule has 0 spiro atoms. The van der Waals surface area contributed by atoms with Gasteiger partial charge in [0.05, 0.1) is 0 Å². The molecule has 0 unspecified atom stereocenters. The summed E-state index contributed by atoms with van der Waals surface area (Å²) in [6, 6.07) is 7.30. The van der Waals surface area contributed by atoms with E-state index in [-0.39, 0.29) is 12.5 Å². The first-order chi connectivity index (χ1) is 8.63. The van der Waals surface area contributed by atoms with E-state index in [4.69, 9.17) is 4.74 Å². The average Bonchev–Trinajstić information content (AvgIpc) is 2.72. The zero-order chi connectivity index (χ0) is 13.0. The van der Waals surface area contributed by atoms with Gasteiger partial charge in [0.25, 0.3) is 5.91 Å². The Labute approximate surface area is 116 Å². The minimum Gasteiger partial charge on any atom is -0.484 e. The molecule has 0 saturated heterocycles. The third-order valence-corrected chi connectivity index (χ3v) is 3.19. The number of nitrogens with one attached hydrogen (secondary N) is 1. The summed E-state index contributed by atoms with van der Waals surface area (Å²) in [4.78, 5) is 11.6. The Morgan fingerprint density at radius 2 is 2.33 bits per heavy atom. The number of rotatable bonds is 4. The van der Waals surface area contributed by atoms with Gasteiger partial charge < -0.3 is 4.74 Å². The lowest BCUT2D eigenvalue weighted by Crippen LogP contribution is -2.20. The van der Waals surface area contributed by atoms with E-state index in [2.05, 4.69) is 31.4 Å². The lowest BCUT2D eigenvalue weighted by molar-refractivity contribution is -0.118. The highest BCUT2D eigenvalue weighted by Crippen LogP contribution is 2.18. The van der Waals surface area contributed by atoms with Gasteiger partial charge in [0.2, 0.25) is 5.13 Å². The maximum atomic E-state index is 11.6. The monoisotopic (exact) mass is 327 g/mol. The molecular weight excluding hydrogens is 318 g/mol. The molecule has 1 N–H and O–H groups in total. The van der Waals surface area contributed by atoms with Crippen molar-refractivity contribution in [3.8, 4) is 5.75 Å². The molecule has 94 valence electrons. The second-order valence-corrected chi connectivity index (χ2v) is 5.52. The molecular formula is C11H10BrN3O2S. The number of ether oxygens (including phenoxy) is 1. The molecule has 1 aromatic heterocycles. The van der Waals surface area contributed by atoms with Crippen LogP contribution in [0.4, 0.5) is 5.13 Å². The van der Waals surface area contributed by atoms with Crippen molar-refractivity contribution in [3.63, 3.8) is 0 Å². The molecule has 7 heteroatoms. The number of carbonyl (C=O) groups excluding carboxylic acids is 1. The van der Waals surface area contributed by atoms with Crippen LogP contribution in [0.5, 0.6) is 5.75 Å². The van der Waals surface area contributed by atoms with E-state index < -0.39 is 0 Å². The van der Waals surface area contributed by atoms with Gasteiger partial charge >= 0.3 is 0 Å². The first-order valence-corrected chi connectivity index (χ1v) is 6.73. The van der Waals surface area contributed by atoms with Gasteiger partial charge in [0.15, 0.2) is 6.61 Å². The minimum atomic E-state index is -0.258. The largest absolute Gasteiger partial charge is 0.484 e. The van der Waals surface area contributed by atoms with Gasteiger partial charge in [-0.15, -0.1) is 10.2 Å². The third kappa shape index (κ3) is 3.78. The smallest absolute Gasteiger partial charge is 0.264 e. The molecule has 0 aliphatic carbocycles. The Bertz CT molecular complexity index is 559. The summed E-state index contributed by atoms with van der Waals surface area (Å²) in [5, 5.41) is 11.5. The average molecular weight is 328 g/mol. The van der Waals surface area contributed by atoms with Crippen LogP contribution in [0.1, 0.15) is 5.01 Å². The molecule has 2 aromatic rings. The fourth-order valence-electron chi connectivity index (χ4n) is 1.21. The number of benzene rings is 1. The van der Waals surface area contributed by atoms with Gasteiger partial charge in [-0.1, -0.05) is 33.3 Å². The molecule has 0 atom stereocenters. The van der Waals surface area contributed by atoms with E-state index in [0.717, 1.165) is 9.48 Å². The Morgan fingerprint density at radius 1 is 1.50 bits per heavy atom. The molecule has 0 fully saturated rings. The second-order valence-electron chi connectivity index (χ2n) is 3.42. The number of aromatic nitrogens is 2. The summed E-state index contributed by atoms with van der Waals surface area (Å²) < 4.78 is 6.24. The highest BCUT2D eigenvalue weighted by atomic mass is 79.9. The van der Waals surface area contributed by atoms with Crippen LogP contribution < -0.4 is 10.1 Å². The maximum Gasteiger partial charge on any atom is 0.264 e. The summed E-state index contributed by atoms with van der Waals surface area (Å²) in [6.07, 6.45) is 0. The van der Waals surface area contributed by atoms with E-state index in [9.17, 15) is 4.79 Å². The lowest BCUT2D eigenvalue weighted by Gasteiger charge is -2.05. The molecule has 2 rings (SSSR count). The Morgan fingerprint density at radius 3 is 3.00 bits per heavy atom. The Balaban J connectivity index is 1.85. The fourth-order valence-corrected chi connectivity index (χ4v) is 2.19. The lowest BCUT2D eigenvalue weighted by atomic mass is 10.3. The van der Waals surface area contributed by atoms with Crippen LogP contribution in [0.3, 0.4) is 0 Å². The number of halogens is 1. The molecule has 5 nitrogen and oxygen atoms in total. The Hall–Kier alpha value is -1.47. The third-order valence-electron chi connectivity index (χ3n) is 1.94. The van der Waals surface area contributed by atoms with Crippen LogP contribution in [0.15, 0.2) is 28.7 Å². The van der Waals surface area contributed by atoms with Gasteiger partial charge in [-0.05, 0) is 25.1 Å². The van der Waals surface area contributed by atoms with Crippen molar-refractivity contribution < 1.29 is 9.53 Å². The van der Waals surface area contributed by atoms with Crippen LogP contribution in [0, 0.1) is 6.92 Å². The van der Waals surface area contributed by atoms with Crippen molar-refractivity contribution in [1.29, 1.82) is 0 Å². The van der Waals surface area contributed by atoms with Crippen LogP contribution in [0.2, 0.25) is 0 Å². The van der Waals surface area contributed by atoms with Gasteiger partial charge in [-0.2, -0.15) is 0 Å². The van der Waals surface area contributed by atoms with Crippen LogP contribution >= 0.6 is 27.3 Å². The summed E-state index contributed by atoms with van der Waals surface area (Å²) in [7, 11) is 0. The SMILES string of the molecule is Cc1nnc(NC(=O)COc2cccc(Br)c2)s1. The van der Waals surface area contributed by atoms with Crippen molar-refractivity contribution in [2.75, 3.05) is 11.9 Å². The number of carbonyl (C=O) groups is 1. The molecule has 0 radical (unpaired) electrons. The highest BCUT2D eigenvalue weighted by molar-refractivity contribution is 9.10. The number of hydrogen-bond donors (Lipinski definition) is 1. The van der Waals surface area contributed by atoms with Gasteiger partial charge in [0.1, 0.15) is 10.8 Å². The van der Waals surface area contributed by atoms with Crippen molar-refractivity contribution in [1.82, 2.24) is 10.2 Å². The van der Waals surface area contributed by atoms with Crippen LogP contribution in [-0.2, 0) is 4.79 Å². The zero-order valence-electron chi connectivity index (χ0n) is 9.51. The predicted octanol–water partition coefficient (Wildman–Crippen LogP) is 2.63. The molecule has 0 aliphatic heterocycles. The van der Waals surface area contributed by atoms with Crippen molar-refractivity contribution in [2.45, 2.75) is 6.92 Å². The first kappa shape index (κ1) is 13.0. The Kier molecular flexibility index (Phi) is 4.27. The van der Waals surface area contributed by atoms with Crippen molar-refractivity contribution >= 4 is 38.3 Å². The number of amides is 1. The highest BCUT2D eigenvalue weighted by Gasteiger charge is 2.07. The standard InChI is InChI=1S/C11H10BrN3O2S/c1-7-14-15-11(18-7)13-10(16)6-17-9-4-2-3-8(12)5-9/h2-5H,6H2,1H3,(H,13,15,16). The number of aryl methyl sites for hydroxylation is 1. The van der Waals surface area contributed by atoms with Gasteiger partial charge in [0, 0.05) is 4.47 Å². The fraction of sp³-hybridized carbons (Fsp3) is 0.182. The summed E-state index contributed by atoms with van der Waals surface area (Å²) in [5.74, 6) is 0.374. The number of nitrogens with zero attached hydrogens (tertiary/aromatic N) is 2. The number of anilines is 1. The van der Waals surface area contributed by atoms with E-state index >= 15 is 0 Å². The first-order valence-electron chi connectivity index (χ1n) is 5.12. The normalized spacial score (nSPS) is 10.1. The van der Waals surface area contributed by atoms with Crippen LogP contribution in [0.25, 0.3) is 0 Å². The quantitative estimate of drug-likeness (QED) is 0.937. The molecule has 0 saturated carbocycles. The van der Waals surface area contributed by atoms with Crippen molar-refractivity contribution in [3.05, 3.63) is 33.7 Å². The van der Waals surface area contributed by atoms with Gasteiger partial charge in [-0.25, -0.2) is 0 Å². The zero-order valence-corrected chi connectivity index (χ0v) is 11.9. The second kappa shape index (κ2) is 5.92. The maximum absolute atomic E-state index is 11.6. The topological polar surface area (TPSA) is 64.1 Å². The van der Waals surface area contributed by atoms with Crippen molar-refractivity contribution in [2.24, 2.45) is 0 Å². The summed E-state index contributed by atoms with van der Waals surface area (Å²) in [5.41, 5.74) is 0. The van der Waals surface area contributed by atoms with E-state index in [0.29, 0.717) is 10.9 Å². The molecule has 1 amide bonds.